The molecule has 0 aliphatic heterocycles. The maximum Gasteiger partial charge on any atom is 0.293 e. The minimum Gasteiger partial charge on any atom is -0.496 e. The van der Waals surface area contributed by atoms with Gasteiger partial charge in [0.1, 0.15) is 5.75 Å². The zero-order chi connectivity index (χ0) is 18.5. The van der Waals surface area contributed by atoms with Crippen molar-refractivity contribution < 1.29 is 18.7 Å². The summed E-state index contributed by atoms with van der Waals surface area (Å²) in [5.74, 6) is 0.395. The van der Waals surface area contributed by atoms with Crippen LogP contribution in [0.25, 0.3) is 0 Å². The fourth-order valence-electron chi connectivity index (χ4n) is 2.34. The second kappa shape index (κ2) is 7.83. The summed E-state index contributed by atoms with van der Waals surface area (Å²) in [7, 11) is 1.60. The molecule has 26 heavy (non-hydrogen) atoms. The van der Waals surface area contributed by atoms with Gasteiger partial charge in [-0.05, 0) is 42.8 Å². The van der Waals surface area contributed by atoms with E-state index in [1.807, 2.05) is 13.0 Å². The summed E-state index contributed by atoms with van der Waals surface area (Å²) < 4.78 is 10.2. The van der Waals surface area contributed by atoms with Crippen molar-refractivity contribution in [3.8, 4) is 5.75 Å². The van der Waals surface area contributed by atoms with Gasteiger partial charge in [-0.3, -0.25) is 14.9 Å². The maximum absolute atomic E-state index is 12.2. The summed E-state index contributed by atoms with van der Waals surface area (Å²) in [6, 6.07) is 8.62. The highest BCUT2D eigenvalue weighted by molar-refractivity contribution is 7.14. The van der Waals surface area contributed by atoms with E-state index < -0.39 is 0 Å². The van der Waals surface area contributed by atoms with Crippen LogP contribution in [0.4, 0.5) is 10.8 Å². The Labute approximate surface area is 154 Å². The van der Waals surface area contributed by atoms with Crippen molar-refractivity contribution in [2.24, 2.45) is 0 Å². The Bertz CT molecular complexity index is 918. The van der Waals surface area contributed by atoms with Gasteiger partial charge in [0.25, 0.3) is 5.91 Å². The summed E-state index contributed by atoms with van der Waals surface area (Å²) in [6.45, 7) is 1.91. The molecule has 0 fully saturated rings. The first-order valence-corrected chi connectivity index (χ1v) is 8.67. The van der Waals surface area contributed by atoms with Crippen molar-refractivity contribution in [1.82, 2.24) is 4.98 Å². The Morgan fingerprint density at radius 2 is 2.12 bits per heavy atom. The molecule has 0 aliphatic rings. The molecule has 0 atom stereocenters. The lowest BCUT2D eigenvalue weighted by Gasteiger charge is -2.08. The highest BCUT2D eigenvalue weighted by atomic mass is 32.1. The number of anilines is 2. The van der Waals surface area contributed by atoms with Gasteiger partial charge in [-0.15, -0.1) is 11.3 Å². The van der Waals surface area contributed by atoms with Crippen molar-refractivity contribution in [2.75, 3.05) is 17.7 Å². The largest absolute Gasteiger partial charge is 0.496 e. The Morgan fingerprint density at radius 3 is 2.81 bits per heavy atom. The first kappa shape index (κ1) is 17.7. The molecule has 2 heterocycles. The molecule has 2 aromatic heterocycles. The summed E-state index contributed by atoms with van der Waals surface area (Å²) in [6.07, 6.45) is 1.53. The van der Waals surface area contributed by atoms with Crippen LogP contribution in [-0.2, 0) is 11.2 Å². The van der Waals surface area contributed by atoms with Crippen molar-refractivity contribution >= 4 is 34.0 Å². The molecule has 0 aliphatic carbocycles. The van der Waals surface area contributed by atoms with Gasteiger partial charge in [0.2, 0.25) is 5.91 Å². The number of hydrogen-bond donors (Lipinski definition) is 2. The lowest BCUT2D eigenvalue weighted by Crippen LogP contribution is -2.15. The highest BCUT2D eigenvalue weighted by Gasteiger charge is 2.13. The lowest BCUT2D eigenvalue weighted by atomic mass is 10.2. The quantitative estimate of drug-likeness (QED) is 0.692. The monoisotopic (exact) mass is 371 g/mol. The minimum absolute atomic E-state index is 0.109. The van der Waals surface area contributed by atoms with Gasteiger partial charge >= 0.3 is 0 Å². The number of benzene rings is 1. The molecule has 0 bridgehead atoms. The summed E-state index contributed by atoms with van der Waals surface area (Å²) in [5, 5.41) is 7.60. The second-order valence-corrected chi connectivity index (χ2v) is 6.34. The zero-order valence-corrected chi connectivity index (χ0v) is 15.1. The van der Waals surface area contributed by atoms with Crippen LogP contribution in [0.3, 0.4) is 0 Å². The molecule has 7 nitrogen and oxygen atoms in total. The number of carbonyl (C=O) groups excluding carboxylic acids is 2. The zero-order valence-electron chi connectivity index (χ0n) is 14.2. The Balaban J connectivity index is 1.57. The van der Waals surface area contributed by atoms with Crippen LogP contribution in [0.1, 0.15) is 21.8 Å². The number of amides is 2. The van der Waals surface area contributed by atoms with Gasteiger partial charge in [0.15, 0.2) is 10.9 Å². The van der Waals surface area contributed by atoms with Gasteiger partial charge in [0.05, 0.1) is 25.5 Å². The fourth-order valence-corrected chi connectivity index (χ4v) is 3.04. The van der Waals surface area contributed by atoms with E-state index in [-0.39, 0.29) is 24.0 Å². The molecule has 2 amide bonds. The number of hydrogen-bond acceptors (Lipinski definition) is 6. The number of aryl methyl sites for hydroxylation is 1. The van der Waals surface area contributed by atoms with Crippen molar-refractivity contribution in [2.45, 2.75) is 13.3 Å². The summed E-state index contributed by atoms with van der Waals surface area (Å²) in [4.78, 5) is 28.3. The van der Waals surface area contributed by atoms with E-state index in [1.165, 1.54) is 17.6 Å². The number of methoxy groups -OCH3 is 1. The standard InChI is InChI=1S/C18H17N3O4S/c1-11-8-12(5-6-14(11)24-2)19-16(22)9-13-10-26-18(20-13)21-17(23)15-4-3-7-25-15/h3-8,10H,9H2,1-2H3,(H,19,22)(H,20,21,23). The Kier molecular flexibility index (Phi) is 5.33. The third kappa shape index (κ3) is 4.28. The van der Waals surface area contributed by atoms with Crippen molar-refractivity contribution in [3.63, 3.8) is 0 Å². The molecule has 8 heteroatoms. The lowest BCUT2D eigenvalue weighted by molar-refractivity contribution is -0.115. The number of rotatable bonds is 6. The molecule has 0 radical (unpaired) electrons. The number of furan rings is 1. The molecular weight excluding hydrogens is 354 g/mol. The first-order chi connectivity index (χ1) is 12.5. The number of nitrogens with one attached hydrogen (secondary N) is 2. The predicted octanol–water partition coefficient (Wildman–Crippen LogP) is 3.49. The van der Waals surface area contributed by atoms with Gasteiger partial charge in [0, 0.05) is 11.1 Å². The van der Waals surface area contributed by atoms with Crippen LogP contribution in [0.15, 0.2) is 46.4 Å². The SMILES string of the molecule is COc1ccc(NC(=O)Cc2csc(NC(=O)c3ccco3)n2)cc1C. The van der Waals surface area contributed by atoms with Crippen molar-refractivity contribution in [3.05, 3.63) is 59.0 Å². The number of aromatic nitrogens is 1. The van der Waals surface area contributed by atoms with E-state index in [0.29, 0.717) is 16.5 Å². The second-order valence-electron chi connectivity index (χ2n) is 5.48. The van der Waals surface area contributed by atoms with Crippen LogP contribution in [0.5, 0.6) is 5.75 Å². The smallest absolute Gasteiger partial charge is 0.293 e. The average molecular weight is 371 g/mol. The molecule has 1 aromatic carbocycles. The number of ether oxygens (including phenoxy) is 1. The Morgan fingerprint density at radius 1 is 1.27 bits per heavy atom. The van der Waals surface area contributed by atoms with Crippen LogP contribution >= 0.6 is 11.3 Å². The molecule has 2 N–H and O–H groups in total. The van der Waals surface area contributed by atoms with Crippen LogP contribution in [-0.4, -0.2) is 23.9 Å². The number of carbonyl (C=O) groups is 2. The number of nitrogens with zero attached hydrogens (tertiary/aromatic N) is 1. The molecule has 0 spiro atoms. The summed E-state index contributed by atoms with van der Waals surface area (Å²) in [5.41, 5.74) is 2.20. The van der Waals surface area contributed by atoms with E-state index in [2.05, 4.69) is 15.6 Å². The van der Waals surface area contributed by atoms with Crippen LogP contribution in [0.2, 0.25) is 0 Å². The molecule has 0 saturated carbocycles. The first-order valence-electron chi connectivity index (χ1n) is 7.79. The average Bonchev–Trinajstić information content (AvgIpc) is 3.27. The van der Waals surface area contributed by atoms with Crippen LogP contribution < -0.4 is 15.4 Å². The Hall–Kier alpha value is -3.13. The summed E-state index contributed by atoms with van der Waals surface area (Å²) >= 11 is 1.25. The van der Waals surface area contributed by atoms with Gasteiger partial charge in [-0.2, -0.15) is 0 Å². The minimum atomic E-state index is -0.381. The molecule has 0 unspecified atom stereocenters. The third-order valence-corrected chi connectivity index (χ3v) is 4.34. The van der Waals surface area contributed by atoms with E-state index in [1.54, 1.807) is 36.8 Å². The van der Waals surface area contributed by atoms with Gasteiger partial charge < -0.3 is 14.5 Å². The molecule has 0 saturated heterocycles. The topological polar surface area (TPSA) is 93.5 Å². The molecular formula is C18H17N3O4S. The van der Waals surface area contributed by atoms with Gasteiger partial charge in [-0.25, -0.2) is 4.98 Å². The van der Waals surface area contributed by atoms with E-state index in [4.69, 9.17) is 9.15 Å². The van der Waals surface area contributed by atoms with Crippen molar-refractivity contribution in [1.29, 1.82) is 0 Å². The molecule has 3 aromatic rings. The van der Waals surface area contributed by atoms with Crippen LogP contribution in [0, 0.1) is 6.92 Å². The normalized spacial score (nSPS) is 10.4. The van der Waals surface area contributed by atoms with E-state index in [0.717, 1.165) is 11.3 Å². The maximum atomic E-state index is 12.2. The molecule has 134 valence electrons. The van der Waals surface area contributed by atoms with E-state index in [9.17, 15) is 9.59 Å². The molecule has 3 rings (SSSR count). The third-order valence-electron chi connectivity index (χ3n) is 3.54. The predicted molar refractivity (Wildman–Crippen MR) is 98.8 cm³/mol. The highest BCUT2D eigenvalue weighted by Crippen LogP contribution is 2.22. The van der Waals surface area contributed by atoms with Gasteiger partial charge in [-0.1, -0.05) is 0 Å². The number of thiazole rings is 1. The fraction of sp³-hybridized carbons (Fsp3) is 0.167. The van der Waals surface area contributed by atoms with E-state index >= 15 is 0 Å².